The van der Waals surface area contributed by atoms with Gasteiger partial charge in [0, 0.05) is 32.2 Å². The van der Waals surface area contributed by atoms with E-state index in [9.17, 15) is 9.59 Å². The first-order valence-corrected chi connectivity index (χ1v) is 8.84. The van der Waals surface area contributed by atoms with Gasteiger partial charge in [-0.2, -0.15) is 0 Å². The standard InChI is InChI=1S/C17H26N4O3/c1-12-15(13(2)24-19-12)16(22)20-8-10-21(11-9-20)17(23)18-14-6-4-3-5-7-14/h14H,3-11H2,1-2H3,(H,18,23). The molecule has 0 atom stereocenters. The van der Waals surface area contributed by atoms with E-state index in [1.807, 2.05) is 4.90 Å². The summed E-state index contributed by atoms with van der Waals surface area (Å²) in [5.74, 6) is 0.494. The summed E-state index contributed by atoms with van der Waals surface area (Å²) in [5, 5.41) is 6.98. The lowest BCUT2D eigenvalue weighted by Crippen LogP contribution is -2.54. The van der Waals surface area contributed by atoms with Crippen molar-refractivity contribution in [2.75, 3.05) is 26.2 Å². The molecule has 3 rings (SSSR count). The first-order chi connectivity index (χ1) is 11.6. The lowest BCUT2D eigenvalue weighted by atomic mass is 9.96. The lowest BCUT2D eigenvalue weighted by Gasteiger charge is -2.36. The van der Waals surface area contributed by atoms with Crippen molar-refractivity contribution in [1.82, 2.24) is 20.3 Å². The minimum atomic E-state index is -0.0569. The Bertz CT molecular complexity index is 579. The maximum Gasteiger partial charge on any atom is 0.317 e. The Morgan fingerprint density at radius 1 is 1.04 bits per heavy atom. The SMILES string of the molecule is Cc1noc(C)c1C(=O)N1CCN(C(=O)NC2CCCCC2)CC1. The number of amides is 3. The van der Waals surface area contributed by atoms with Gasteiger partial charge in [0.1, 0.15) is 11.3 Å². The van der Waals surface area contributed by atoms with Crippen LogP contribution in [-0.4, -0.2) is 59.1 Å². The van der Waals surface area contributed by atoms with Crippen molar-refractivity contribution in [3.8, 4) is 0 Å². The number of aromatic nitrogens is 1. The average Bonchev–Trinajstić information content (AvgIpc) is 2.94. The smallest absolute Gasteiger partial charge is 0.317 e. The average molecular weight is 334 g/mol. The topological polar surface area (TPSA) is 78.7 Å². The Kier molecular flexibility index (Phi) is 5.06. The molecule has 1 aliphatic heterocycles. The molecule has 7 nitrogen and oxygen atoms in total. The number of carbonyl (C=O) groups excluding carboxylic acids is 2. The molecule has 1 aliphatic carbocycles. The molecule has 24 heavy (non-hydrogen) atoms. The first kappa shape index (κ1) is 16.8. The molecule has 2 aliphatic rings. The van der Waals surface area contributed by atoms with Crippen molar-refractivity contribution in [2.45, 2.75) is 52.0 Å². The molecular formula is C17H26N4O3. The van der Waals surface area contributed by atoms with Crippen LogP contribution < -0.4 is 5.32 Å². The van der Waals surface area contributed by atoms with E-state index >= 15 is 0 Å². The van der Waals surface area contributed by atoms with Gasteiger partial charge in [-0.1, -0.05) is 24.4 Å². The van der Waals surface area contributed by atoms with Crippen molar-refractivity contribution < 1.29 is 14.1 Å². The largest absolute Gasteiger partial charge is 0.361 e. The van der Waals surface area contributed by atoms with E-state index in [-0.39, 0.29) is 11.9 Å². The molecule has 1 saturated carbocycles. The van der Waals surface area contributed by atoms with Gasteiger partial charge in [-0.15, -0.1) is 0 Å². The van der Waals surface area contributed by atoms with E-state index in [0.717, 1.165) is 12.8 Å². The fourth-order valence-corrected chi connectivity index (χ4v) is 3.57. The van der Waals surface area contributed by atoms with Crippen LogP contribution in [0.15, 0.2) is 4.52 Å². The Morgan fingerprint density at radius 3 is 2.25 bits per heavy atom. The lowest BCUT2D eigenvalue weighted by molar-refractivity contribution is 0.0660. The number of aryl methyl sites for hydroxylation is 2. The third kappa shape index (κ3) is 3.55. The number of piperazine rings is 1. The van der Waals surface area contributed by atoms with E-state index in [0.29, 0.717) is 49.2 Å². The Hall–Kier alpha value is -2.05. The van der Waals surface area contributed by atoms with Gasteiger partial charge in [-0.05, 0) is 26.7 Å². The molecule has 0 bridgehead atoms. The Morgan fingerprint density at radius 2 is 1.67 bits per heavy atom. The van der Waals surface area contributed by atoms with Crippen molar-refractivity contribution in [3.05, 3.63) is 17.0 Å². The van der Waals surface area contributed by atoms with Crippen LogP contribution in [0.5, 0.6) is 0 Å². The van der Waals surface area contributed by atoms with Crippen molar-refractivity contribution in [2.24, 2.45) is 0 Å². The molecule has 1 saturated heterocycles. The summed E-state index contributed by atoms with van der Waals surface area (Å²) in [7, 11) is 0. The third-order valence-corrected chi connectivity index (χ3v) is 5.03. The third-order valence-electron chi connectivity index (χ3n) is 5.03. The molecule has 2 fully saturated rings. The molecule has 132 valence electrons. The van der Waals surface area contributed by atoms with Crippen LogP contribution in [0.3, 0.4) is 0 Å². The van der Waals surface area contributed by atoms with Crippen molar-refractivity contribution in [3.63, 3.8) is 0 Å². The van der Waals surface area contributed by atoms with Gasteiger partial charge in [0.15, 0.2) is 0 Å². The van der Waals surface area contributed by atoms with Gasteiger partial charge < -0.3 is 19.6 Å². The van der Waals surface area contributed by atoms with E-state index in [1.54, 1.807) is 18.7 Å². The number of hydrogen-bond acceptors (Lipinski definition) is 4. The second-order valence-corrected chi connectivity index (χ2v) is 6.76. The number of rotatable bonds is 2. The number of urea groups is 1. The molecule has 0 unspecified atom stereocenters. The second kappa shape index (κ2) is 7.23. The van der Waals surface area contributed by atoms with Crippen molar-refractivity contribution in [1.29, 1.82) is 0 Å². The quantitative estimate of drug-likeness (QED) is 0.898. The molecule has 0 spiro atoms. The highest BCUT2D eigenvalue weighted by Gasteiger charge is 2.29. The number of nitrogens with zero attached hydrogens (tertiary/aromatic N) is 3. The van der Waals surface area contributed by atoms with E-state index in [1.165, 1.54) is 19.3 Å². The van der Waals surface area contributed by atoms with Gasteiger partial charge in [0.2, 0.25) is 0 Å². The van der Waals surface area contributed by atoms with Crippen LogP contribution in [0, 0.1) is 13.8 Å². The predicted molar refractivity (Wildman–Crippen MR) is 88.9 cm³/mol. The summed E-state index contributed by atoms with van der Waals surface area (Å²) in [4.78, 5) is 28.6. The van der Waals surface area contributed by atoms with Gasteiger partial charge in [-0.3, -0.25) is 4.79 Å². The van der Waals surface area contributed by atoms with Gasteiger partial charge >= 0.3 is 6.03 Å². The minimum absolute atomic E-state index is 0.00587. The summed E-state index contributed by atoms with van der Waals surface area (Å²) in [6.07, 6.45) is 5.83. The fourth-order valence-electron chi connectivity index (χ4n) is 3.57. The number of carbonyl (C=O) groups is 2. The molecule has 0 radical (unpaired) electrons. The van der Waals surface area contributed by atoms with Gasteiger partial charge in [0.05, 0.1) is 5.69 Å². The van der Waals surface area contributed by atoms with Crippen LogP contribution in [0.1, 0.15) is 53.9 Å². The molecule has 0 aromatic carbocycles. The van der Waals surface area contributed by atoms with E-state index in [2.05, 4.69) is 10.5 Å². The summed E-state index contributed by atoms with van der Waals surface area (Å²) >= 11 is 0. The van der Waals surface area contributed by atoms with Gasteiger partial charge in [-0.25, -0.2) is 4.79 Å². The minimum Gasteiger partial charge on any atom is -0.361 e. The number of hydrogen-bond donors (Lipinski definition) is 1. The predicted octanol–water partition coefficient (Wildman–Crippen LogP) is 2.09. The van der Waals surface area contributed by atoms with Crippen LogP contribution in [-0.2, 0) is 0 Å². The zero-order chi connectivity index (χ0) is 17.1. The maximum absolute atomic E-state index is 12.6. The fraction of sp³-hybridized carbons (Fsp3) is 0.706. The summed E-state index contributed by atoms with van der Waals surface area (Å²) in [6, 6.07) is 0.319. The zero-order valence-corrected chi connectivity index (χ0v) is 14.5. The Balaban J connectivity index is 1.52. The van der Waals surface area contributed by atoms with Crippen LogP contribution in [0.4, 0.5) is 4.79 Å². The highest BCUT2D eigenvalue weighted by atomic mass is 16.5. The highest BCUT2D eigenvalue weighted by Crippen LogP contribution is 2.19. The molecular weight excluding hydrogens is 308 g/mol. The molecule has 1 N–H and O–H groups in total. The van der Waals surface area contributed by atoms with Crippen LogP contribution >= 0.6 is 0 Å². The van der Waals surface area contributed by atoms with Crippen LogP contribution in [0.25, 0.3) is 0 Å². The first-order valence-electron chi connectivity index (χ1n) is 8.84. The van der Waals surface area contributed by atoms with E-state index < -0.39 is 0 Å². The summed E-state index contributed by atoms with van der Waals surface area (Å²) < 4.78 is 5.08. The summed E-state index contributed by atoms with van der Waals surface area (Å²) in [5.41, 5.74) is 1.17. The molecule has 3 amide bonds. The van der Waals surface area contributed by atoms with Crippen molar-refractivity contribution >= 4 is 11.9 Å². The summed E-state index contributed by atoms with van der Waals surface area (Å²) in [6.45, 7) is 5.74. The van der Waals surface area contributed by atoms with E-state index in [4.69, 9.17) is 4.52 Å². The van der Waals surface area contributed by atoms with Gasteiger partial charge in [0.25, 0.3) is 5.91 Å². The monoisotopic (exact) mass is 334 g/mol. The zero-order valence-electron chi connectivity index (χ0n) is 14.5. The molecule has 1 aromatic rings. The second-order valence-electron chi connectivity index (χ2n) is 6.76. The molecule has 7 heteroatoms. The Labute approximate surface area is 142 Å². The van der Waals surface area contributed by atoms with Crippen LogP contribution in [0.2, 0.25) is 0 Å². The maximum atomic E-state index is 12.6. The normalized spacial score (nSPS) is 19.4. The molecule has 1 aromatic heterocycles. The number of nitrogens with one attached hydrogen (secondary N) is 1. The molecule has 2 heterocycles. The highest BCUT2D eigenvalue weighted by molar-refractivity contribution is 5.96.